The number of aliphatic hydroxyl groups is 1. The Morgan fingerprint density at radius 1 is 1.31 bits per heavy atom. The molecule has 70 valence electrons. The van der Waals surface area contributed by atoms with E-state index in [1.807, 2.05) is 30.4 Å². The van der Waals surface area contributed by atoms with Gasteiger partial charge in [-0.05, 0) is 25.3 Å². The average Bonchev–Trinajstić information content (AvgIpc) is 2.14. The lowest BCUT2D eigenvalue weighted by Crippen LogP contribution is -1.91. The highest BCUT2D eigenvalue weighted by molar-refractivity contribution is 5.15. The van der Waals surface area contributed by atoms with Crippen molar-refractivity contribution in [3.05, 3.63) is 48.0 Å². The van der Waals surface area contributed by atoms with Crippen LogP contribution in [0.5, 0.6) is 0 Å². The summed E-state index contributed by atoms with van der Waals surface area (Å²) in [5.74, 6) is 0. The van der Waals surface area contributed by atoms with Crippen molar-refractivity contribution in [2.24, 2.45) is 0 Å². The van der Waals surface area contributed by atoms with E-state index in [9.17, 15) is 0 Å². The number of aryl methyl sites for hydroxylation is 1. The van der Waals surface area contributed by atoms with Crippen LogP contribution >= 0.6 is 0 Å². The largest absolute Gasteiger partial charge is 0.389 e. The van der Waals surface area contributed by atoms with Crippen LogP contribution in [0.25, 0.3) is 0 Å². The minimum atomic E-state index is -0.323. The fourth-order valence-electron chi connectivity index (χ4n) is 1.19. The highest BCUT2D eigenvalue weighted by Gasteiger charge is 1.89. The lowest BCUT2D eigenvalue weighted by molar-refractivity contribution is 0.244. The van der Waals surface area contributed by atoms with Gasteiger partial charge in [-0.2, -0.15) is 0 Å². The Labute approximate surface area is 79.7 Å². The van der Waals surface area contributed by atoms with Crippen LogP contribution in [0.2, 0.25) is 0 Å². The van der Waals surface area contributed by atoms with Crippen LogP contribution in [0, 0.1) is 0 Å². The Kier molecular flexibility index (Phi) is 4.27. The first-order chi connectivity index (χ1) is 6.29. The maximum absolute atomic E-state index is 8.96. The predicted octanol–water partition coefficient (Wildman–Crippen LogP) is 2.56. The van der Waals surface area contributed by atoms with Crippen molar-refractivity contribution in [1.29, 1.82) is 0 Å². The van der Waals surface area contributed by atoms with Crippen molar-refractivity contribution in [2.75, 3.05) is 0 Å². The Balaban J connectivity index is 2.28. The van der Waals surface area contributed by atoms with E-state index < -0.39 is 0 Å². The van der Waals surface area contributed by atoms with E-state index in [1.54, 1.807) is 6.92 Å². The first kappa shape index (κ1) is 10.0. The van der Waals surface area contributed by atoms with Crippen LogP contribution in [0.15, 0.2) is 42.5 Å². The Morgan fingerprint density at radius 3 is 2.62 bits per heavy atom. The van der Waals surface area contributed by atoms with Crippen LogP contribution in [0.1, 0.15) is 18.9 Å². The van der Waals surface area contributed by atoms with Crippen molar-refractivity contribution < 1.29 is 5.11 Å². The number of benzene rings is 1. The summed E-state index contributed by atoms with van der Waals surface area (Å²) < 4.78 is 0. The first-order valence-electron chi connectivity index (χ1n) is 4.67. The van der Waals surface area contributed by atoms with Crippen LogP contribution in [0.3, 0.4) is 0 Å². The minimum Gasteiger partial charge on any atom is -0.389 e. The molecule has 0 spiro atoms. The van der Waals surface area contributed by atoms with E-state index in [-0.39, 0.29) is 6.10 Å². The quantitative estimate of drug-likeness (QED) is 0.699. The molecule has 1 heteroatoms. The Bertz CT molecular complexity index is 249. The minimum absolute atomic E-state index is 0.323. The van der Waals surface area contributed by atoms with Gasteiger partial charge < -0.3 is 5.11 Å². The summed E-state index contributed by atoms with van der Waals surface area (Å²) in [5.41, 5.74) is 1.35. The van der Waals surface area contributed by atoms with Gasteiger partial charge in [-0.15, -0.1) is 0 Å². The second kappa shape index (κ2) is 5.55. The second-order valence-corrected chi connectivity index (χ2v) is 3.19. The zero-order chi connectivity index (χ0) is 9.52. The molecular formula is C12H16O. The molecule has 0 aliphatic carbocycles. The zero-order valence-corrected chi connectivity index (χ0v) is 7.98. The molecule has 1 atom stereocenters. The van der Waals surface area contributed by atoms with Gasteiger partial charge in [0.2, 0.25) is 0 Å². The van der Waals surface area contributed by atoms with Gasteiger partial charge >= 0.3 is 0 Å². The highest BCUT2D eigenvalue weighted by Crippen LogP contribution is 2.02. The van der Waals surface area contributed by atoms with Gasteiger partial charge in [-0.1, -0.05) is 42.5 Å². The molecule has 1 aromatic carbocycles. The normalized spacial score (nSPS) is 13.4. The number of hydrogen-bond acceptors (Lipinski definition) is 1. The van der Waals surface area contributed by atoms with Gasteiger partial charge in [-0.25, -0.2) is 0 Å². The fraction of sp³-hybridized carbons (Fsp3) is 0.333. The van der Waals surface area contributed by atoms with Crippen molar-refractivity contribution in [3.8, 4) is 0 Å². The van der Waals surface area contributed by atoms with Gasteiger partial charge in [-0.3, -0.25) is 0 Å². The van der Waals surface area contributed by atoms with Crippen molar-refractivity contribution >= 4 is 0 Å². The summed E-state index contributed by atoms with van der Waals surface area (Å²) in [5, 5.41) is 8.96. The average molecular weight is 176 g/mol. The molecular weight excluding hydrogens is 160 g/mol. The van der Waals surface area contributed by atoms with E-state index >= 15 is 0 Å². The fourth-order valence-corrected chi connectivity index (χ4v) is 1.19. The third kappa shape index (κ3) is 4.48. The maximum atomic E-state index is 8.96. The summed E-state index contributed by atoms with van der Waals surface area (Å²) in [6.45, 7) is 1.76. The third-order valence-electron chi connectivity index (χ3n) is 1.86. The number of allylic oxidation sites excluding steroid dienone is 1. The lowest BCUT2D eigenvalue weighted by Gasteiger charge is -1.97. The summed E-state index contributed by atoms with van der Waals surface area (Å²) in [7, 11) is 0. The van der Waals surface area contributed by atoms with Gasteiger partial charge in [0.15, 0.2) is 0 Å². The molecule has 0 saturated heterocycles. The van der Waals surface area contributed by atoms with Crippen molar-refractivity contribution in [2.45, 2.75) is 25.9 Å². The zero-order valence-electron chi connectivity index (χ0n) is 7.98. The number of hydrogen-bond donors (Lipinski definition) is 1. The molecule has 0 amide bonds. The molecule has 0 bridgehead atoms. The van der Waals surface area contributed by atoms with Gasteiger partial charge in [0, 0.05) is 0 Å². The molecule has 1 rings (SSSR count). The van der Waals surface area contributed by atoms with Crippen LogP contribution < -0.4 is 0 Å². The van der Waals surface area contributed by atoms with E-state index in [2.05, 4.69) is 12.1 Å². The smallest absolute Gasteiger partial charge is 0.0692 e. The monoisotopic (exact) mass is 176 g/mol. The van der Waals surface area contributed by atoms with Crippen LogP contribution in [-0.2, 0) is 6.42 Å². The molecule has 0 fully saturated rings. The van der Waals surface area contributed by atoms with Crippen LogP contribution in [0.4, 0.5) is 0 Å². The van der Waals surface area contributed by atoms with Crippen LogP contribution in [-0.4, -0.2) is 11.2 Å². The highest BCUT2D eigenvalue weighted by atomic mass is 16.3. The van der Waals surface area contributed by atoms with E-state index in [4.69, 9.17) is 5.11 Å². The summed E-state index contributed by atoms with van der Waals surface area (Å²) in [6, 6.07) is 10.4. The number of aliphatic hydroxyl groups excluding tert-OH is 1. The molecule has 0 aromatic heterocycles. The van der Waals surface area contributed by atoms with Crippen molar-refractivity contribution in [1.82, 2.24) is 0 Å². The van der Waals surface area contributed by atoms with Crippen molar-refractivity contribution in [3.63, 3.8) is 0 Å². The summed E-state index contributed by atoms with van der Waals surface area (Å²) >= 11 is 0. The SMILES string of the molecule is CC(O)/C=C\CCc1ccccc1. The third-order valence-corrected chi connectivity index (χ3v) is 1.86. The molecule has 0 aliphatic heterocycles. The van der Waals surface area contributed by atoms with Gasteiger partial charge in [0.25, 0.3) is 0 Å². The predicted molar refractivity (Wildman–Crippen MR) is 55.6 cm³/mol. The Morgan fingerprint density at radius 2 is 2.00 bits per heavy atom. The molecule has 0 radical (unpaired) electrons. The van der Waals surface area contributed by atoms with E-state index in [1.165, 1.54) is 5.56 Å². The molecule has 1 nitrogen and oxygen atoms in total. The molecule has 0 saturated carbocycles. The summed E-state index contributed by atoms with van der Waals surface area (Å²) in [6.07, 6.45) is 5.57. The number of rotatable bonds is 4. The topological polar surface area (TPSA) is 20.2 Å². The molecule has 1 N–H and O–H groups in total. The van der Waals surface area contributed by atoms with Gasteiger partial charge in [0.05, 0.1) is 6.10 Å². The lowest BCUT2D eigenvalue weighted by atomic mass is 10.1. The second-order valence-electron chi connectivity index (χ2n) is 3.19. The Hall–Kier alpha value is -1.08. The molecule has 0 aliphatic rings. The molecule has 0 heterocycles. The summed E-state index contributed by atoms with van der Waals surface area (Å²) in [4.78, 5) is 0. The first-order valence-corrected chi connectivity index (χ1v) is 4.67. The molecule has 1 aromatic rings. The molecule has 1 unspecified atom stereocenters. The molecule has 13 heavy (non-hydrogen) atoms. The van der Waals surface area contributed by atoms with E-state index in [0.717, 1.165) is 12.8 Å². The standard InChI is InChI=1S/C12H16O/c1-11(13)7-5-6-10-12-8-3-2-4-9-12/h2-5,7-9,11,13H,6,10H2,1H3/b7-5-. The van der Waals surface area contributed by atoms with Gasteiger partial charge in [0.1, 0.15) is 0 Å². The van der Waals surface area contributed by atoms with E-state index in [0.29, 0.717) is 0 Å². The maximum Gasteiger partial charge on any atom is 0.0692 e.